The number of benzene rings is 1. The topological polar surface area (TPSA) is 60.8 Å². The molecule has 2 aromatic rings. The third-order valence-corrected chi connectivity index (χ3v) is 5.14. The van der Waals surface area contributed by atoms with Gasteiger partial charge in [-0.15, -0.1) is 0 Å². The van der Waals surface area contributed by atoms with Crippen LogP contribution in [0.4, 0.5) is 0 Å². The van der Waals surface area contributed by atoms with Crippen molar-refractivity contribution in [1.29, 1.82) is 0 Å². The number of aryl methyl sites for hydroxylation is 1. The molecule has 28 heavy (non-hydrogen) atoms. The molecule has 1 amide bonds. The molecule has 2 heterocycles. The first kappa shape index (κ1) is 20.0. The van der Waals surface area contributed by atoms with Crippen molar-refractivity contribution in [1.82, 2.24) is 9.47 Å². The molecule has 1 aromatic carbocycles. The summed E-state index contributed by atoms with van der Waals surface area (Å²) < 4.78 is 12.7. The van der Waals surface area contributed by atoms with Crippen LogP contribution in [0.15, 0.2) is 42.6 Å². The number of likely N-dealkylation sites (tertiary alicyclic amines) is 1. The maximum Gasteiger partial charge on any atom is 0.338 e. The molecule has 1 aromatic heterocycles. The monoisotopic (exact) mass is 384 g/mol. The largest absolute Gasteiger partial charge is 0.494 e. The van der Waals surface area contributed by atoms with E-state index in [4.69, 9.17) is 9.47 Å². The van der Waals surface area contributed by atoms with E-state index < -0.39 is 0 Å². The smallest absolute Gasteiger partial charge is 0.338 e. The van der Waals surface area contributed by atoms with E-state index in [0.29, 0.717) is 30.9 Å². The number of ether oxygens (including phenoxy) is 2. The van der Waals surface area contributed by atoms with Crippen molar-refractivity contribution in [2.24, 2.45) is 7.05 Å². The van der Waals surface area contributed by atoms with Crippen LogP contribution < -0.4 is 4.74 Å². The Kier molecular flexibility index (Phi) is 6.74. The lowest BCUT2D eigenvalue weighted by Gasteiger charge is -2.35. The number of carbonyl (C=O) groups excluding carboxylic acids is 2. The van der Waals surface area contributed by atoms with Crippen LogP contribution in [-0.2, 0) is 11.8 Å². The van der Waals surface area contributed by atoms with Crippen molar-refractivity contribution in [3.05, 3.63) is 53.9 Å². The molecule has 6 heteroatoms. The second-order valence-corrected chi connectivity index (χ2v) is 7.03. The Morgan fingerprint density at radius 3 is 2.61 bits per heavy atom. The molecule has 6 nitrogen and oxygen atoms in total. The summed E-state index contributed by atoms with van der Waals surface area (Å²) in [6, 6.07) is 10.8. The van der Waals surface area contributed by atoms with Gasteiger partial charge in [-0.3, -0.25) is 4.79 Å². The van der Waals surface area contributed by atoms with Crippen molar-refractivity contribution in [3.63, 3.8) is 0 Å². The first-order valence-electron chi connectivity index (χ1n) is 9.92. The van der Waals surface area contributed by atoms with Gasteiger partial charge in [0.15, 0.2) is 0 Å². The zero-order valence-electron chi connectivity index (χ0n) is 16.6. The summed E-state index contributed by atoms with van der Waals surface area (Å²) in [6.45, 7) is 3.55. The van der Waals surface area contributed by atoms with Crippen molar-refractivity contribution < 1.29 is 19.1 Å². The maximum atomic E-state index is 12.9. The summed E-state index contributed by atoms with van der Waals surface area (Å²) in [6.07, 6.45) is 5.58. The van der Waals surface area contributed by atoms with E-state index in [0.717, 1.165) is 31.6 Å². The van der Waals surface area contributed by atoms with Gasteiger partial charge in [0.05, 0.1) is 18.8 Å². The molecule has 0 radical (unpaired) electrons. The Balaban J connectivity index is 1.54. The van der Waals surface area contributed by atoms with Gasteiger partial charge in [-0.25, -0.2) is 4.79 Å². The van der Waals surface area contributed by atoms with E-state index in [2.05, 4.69) is 0 Å². The highest BCUT2D eigenvalue weighted by molar-refractivity contribution is 5.93. The SMILES string of the molecule is CCOc1ccc(C(=O)OCCC2CCCCN2C(=O)c2cccn2C)cc1. The number of esters is 1. The van der Waals surface area contributed by atoms with E-state index in [9.17, 15) is 9.59 Å². The number of carbonyl (C=O) groups is 2. The molecule has 0 N–H and O–H groups in total. The lowest BCUT2D eigenvalue weighted by atomic mass is 9.99. The zero-order chi connectivity index (χ0) is 19.9. The number of rotatable bonds is 7. The number of aromatic nitrogens is 1. The Morgan fingerprint density at radius 1 is 1.14 bits per heavy atom. The van der Waals surface area contributed by atoms with Gasteiger partial charge in [0, 0.05) is 32.3 Å². The predicted molar refractivity (Wildman–Crippen MR) is 107 cm³/mol. The van der Waals surface area contributed by atoms with Crippen LogP contribution in [0.5, 0.6) is 5.75 Å². The molecule has 0 bridgehead atoms. The van der Waals surface area contributed by atoms with Gasteiger partial charge in [-0.05, 0) is 62.6 Å². The number of nitrogens with zero attached hydrogens (tertiary/aromatic N) is 2. The van der Waals surface area contributed by atoms with Crippen LogP contribution in [-0.4, -0.2) is 47.1 Å². The summed E-state index contributed by atoms with van der Waals surface area (Å²) in [7, 11) is 1.88. The van der Waals surface area contributed by atoms with E-state index in [1.54, 1.807) is 24.3 Å². The molecule has 3 rings (SSSR count). The number of amides is 1. The fourth-order valence-corrected chi connectivity index (χ4v) is 3.62. The van der Waals surface area contributed by atoms with Crippen LogP contribution in [0.25, 0.3) is 0 Å². The first-order chi connectivity index (χ1) is 13.6. The van der Waals surface area contributed by atoms with Crippen molar-refractivity contribution in [2.75, 3.05) is 19.8 Å². The lowest BCUT2D eigenvalue weighted by Crippen LogP contribution is -2.44. The first-order valence-corrected chi connectivity index (χ1v) is 9.92. The summed E-state index contributed by atoms with van der Waals surface area (Å²) in [5.74, 6) is 0.435. The molecule has 1 aliphatic heterocycles. The van der Waals surface area contributed by atoms with E-state index in [1.165, 1.54) is 0 Å². The molecule has 0 saturated carbocycles. The molecule has 150 valence electrons. The molecular formula is C22H28N2O4. The normalized spacial score (nSPS) is 16.6. The molecule has 1 fully saturated rings. The third-order valence-electron chi connectivity index (χ3n) is 5.14. The summed E-state index contributed by atoms with van der Waals surface area (Å²) in [4.78, 5) is 27.1. The van der Waals surface area contributed by atoms with Gasteiger partial charge in [0.2, 0.25) is 0 Å². The number of piperidine rings is 1. The van der Waals surface area contributed by atoms with Crippen molar-refractivity contribution >= 4 is 11.9 Å². The van der Waals surface area contributed by atoms with Gasteiger partial charge in [-0.1, -0.05) is 0 Å². The van der Waals surface area contributed by atoms with Crippen LogP contribution in [0.3, 0.4) is 0 Å². The molecule has 1 saturated heterocycles. The predicted octanol–water partition coefficient (Wildman–Crippen LogP) is 3.67. The minimum atomic E-state index is -0.348. The van der Waals surface area contributed by atoms with E-state index in [1.807, 2.05) is 41.8 Å². The Bertz CT molecular complexity index is 797. The second-order valence-electron chi connectivity index (χ2n) is 7.03. The highest BCUT2D eigenvalue weighted by Crippen LogP contribution is 2.22. The van der Waals surface area contributed by atoms with Crippen LogP contribution in [0, 0.1) is 0 Å². The molecule has 1 unspecified atom stereocenters. The number of hydrogen-bond donors (Lipinski definition) is 0. The van der Waals surface area contributed by atoms with Crippen molar-refractivity contribution in [2.45, 2.75) is 38.6 Å². The fraction of sp³-hybridized carbons (Fsp3) is 0.455. The van der Waals surface area contributed by atoms with Crippen LogP contribution in [0.1, 0.15) is 53.5 Å². The van der Waals surface area contributed by atoms with E-state index in [-0.39, 0.29) is 17.9 Å². The molecule has 1 atom stereocenters. The van der Waals surface area contributed by atoms with Gasteiger partial charge >= 0.3 is 5.97 Å². The van der Waals surface area contributed by atoms with Gasteiger partial charge in [-0.2, -0.15) is 0 Å². The summed E-state index contributed by atoms with van der Waals surface area (Å²) in [5.41, 5.74) is 1.20. The quantitative estimate of drug-likeness (QED) is 0.684. The van der Waals surface area contributed by atoms with Gasteiger partial charge < -0.3 is 18.9 Å². The molecular weight excluding hydrogens is 356 g/mol. The zero-order valence-corrected chi connectivity index (χ0v) is 16.6. The highest BCUT2D eigenvalue weighted by atomic mass is 16.5. The van der Waals surface area contributed by atoms with Crippen molar-refractivity contribution in [3.8, 4) is 5.75 Å². The van der Waals surface area contributed by atoms with Crippen LogP contribution in [0.2, 0.25) is 0 Å². The summed E-state index contributed by atoms with van der Waals surface area (Å²) in [5, 5.41) is 0. The molecule has 0 spiro atoms. The molecule has 0 aliphatic carbocycles. The Labute approximate surface area is 166 Å². The third kappa shape index (κ3) is 4.74. The van der Waals surface area contributed by atoms with E-state index >= 15 is 0 Å². The average Bonchev–Trinajstić information content (AvgIpc) is 3.14. The molecule has 1 aliphatic rings. The Hall–Kier alpha value is -2.76. The fourth-order valence-electron chi connectivity index (χ4n) is 3.62. The van der Waals surface area contributed by atoms with Gasteiger partial charge in [0.25, 0.3) is 5.91 Å². The maximum absolute atomic E-state index is 12.9. The van der Waals surface area contributed by atoms with Crippen LogP contribution >= 0.6 is 0 Å². The average molecular weight is 384 g/mol. The standard InChI is InChI=1S/C22H28N2O4/c1-3-27-19-11-9-17(10-12-19)22(26)28-16-13-18-7-4-5-15-24(18)21(25)20-8-6-14-23(20)2/h6,8-12,14,18H,3-5,7,13,15-16H2,1-2H3. The Morgan fingerprint density at radius 2 is 1.93 bits per heavy atom. The lowest BCUT2D eigenvalue weighted by molar-refractivity contribution is 0.0406. The second kappa shape index (κ2) is 9.44. The minimum Gasteiger partial charge on any atom is -0.494 e. The summed E-state index contributed by atoms with van der Waals surface area (Å²) >= 11 is 0. The van der Waals surface area contributed by atoms with Gasteiger partial charge in [0.1, 0.15) is 11.4 Å². The number of hydrogen-bond acceptors (Lipinski definition) is 4. The minimum absolute atomic E-state index is 0.0510. The highest BCUT2D eigenvalue weighted by Gasteiger charge is 2.28.